The van der Waals surface area contributed by atoms with Gasteiger partial charge in [-0.3, -0.25) is 9.98 Å². The number of anilines is 1. The van der Waals surface area contributed by atoms with Gasteiger partial charge >= 0.3 is 0 Å². The van der Waals surface area contributed by atoms with Gasteiger partial charge in [0.1, 0.15) is 6.73 Å². The second-order valence-electron chi connectivity index (χ2n) is 4.53. The fourth-order valence-electron chi connectivity index (χ4n) is 2.07. The van der Waals surface area contributed by atoms with Gasteiger partial charge in [-0.05, 0) is 50.4 Å². The van der Waals surface area contributed by atoms with Crippen molar-refractivity contribution in [1.29, 1.82) is 0 Å². The molecule has 0 fully saturated rings. The van der Waals surface area contributed by atoms with Gasteiger partial charge in [-0.2, -0.15) is 0 Å². The lowest BCUT2D eigenvalue weighted by Crippen LogP contribution is -2.27. The summed E-state index contributed by atoms with van der Waals surface area (Å²) < 4.78 is 5.31. The largest absolute Gasteiger partial charge is 0.364 e. The summed E-state index contributed by atoms with van der Waals surface area (Å²) in [5.74, 6) is 0. The third-order valence-electron chi connectivity index (χ3n) is 3.14. The number of hydrogen-bond donors (Lipinski definition) is 0. The van der Waals surface area contributed by atoms with Gasteiger partial charge < -0.3 is 9.64 Å². The van der Waals surface area contributed by atoms with Crippen LogP contribution >= 0.6 is 0 Å². The quantitative estimate of drug-likeness (QED) is 0.393. The van der Waals surface area contributed by atoms with Crippen molar-refractivity contribution in [2.75, 3.05) is 31.8 Å². The molecule has 1 aromatic rings. The first kappa shape index (κ1) is 16.4. The van der Waals surface area contributed by atoms with Gasteiger partial charge in [-0.25, -0.2) is 0 Å². The van der Waals surface area contributed by atoms with E-state index < -0.39 is 0 Å². The molecule has 0 bridgehead atoms. The number of aryl methyl sites for hydroxylation is 1. The highest BCUT2D eigenvalue weighted by molar-refractivity contribution is 5.70. The predicted octanol–water partition coefficient (Wildman–Crippen LogP) is 3.47. The van der Waals surface area contributed by atoms with Crippen molar-refractivity contribution in [3.8, 4) is 0 Å². The SMILES string of the molecule is C=Nc1ccc(CC)cc1N(CCC/N=C/C)COC. The maximum absolute atomic E-state index is 5.31. The van der Waals surface area contributed by atoms with E-state index in [1.807, 2.05) is 19.2 Å². The van der Waals surface area contributed by atoms with Gasteiger partial charge in [0.2, 0.25) is 0 Å². The molecule has 0 atom stereocenters. The molecule has 0 radical (unpaired) electrons. The third-order valence-corrected chi connectivity index (χ3v) is 3.14. The summed E-state index contributed by atoms with van der Waals surface area (Å²) in [6.07, 6.45) is 3.83. The van der Waals surface area contributed by atoms with Crippen molar-refractivity contribution >= 4 is 24.3 Å². The first-order chi connectivity index (χ1) is 9.76. The number of hydrogen-bond acceptors (Lipinski definition) is 4. The van der Waals surface area contributed by atoms with E-state index in [4.69, 9.17) is 4.74 Å². The average Bonchev–Trinajstić information content (AvgIpc) is 2.49. The molecule has 0 spiro atoms. The molecule has 0 heterocycles. The Labute approximate surface area is 122 Å². The molecular weight excluding hydrogens is 250 g/mol. The lowest BCUT2D eigenvalue weighted by atomic mass is 10.1. The van der Waals surface area contributed by atoms with Crippen LogP contribution in [0.25, 0.3) is 0 Å². The van der Waals surface area contributed by atoms with Crippen molar-refractivity contribution in [3.63, 3.8) is 0 Å². The zero-order valence-corrected chi connectivity index (χ0v) is 12.8. The molecule has 20 heavy (non-hydrogen) atoms. The van der Waals surface area contributed by atoms with E-state index in [1.54, 1.807) is 7.11 Å². The lowest BCUT2D eigenvalue weighted by Gasteiger charge is -2.25. The number of rotatable bonds is 9. The molecule has 4 heteroatoms. The first-order valence-electron chi connectivity index (χ1n) is 7.04. The van der Waals surface area contributed by atoms with Gasteiger partial charge in [-0.1, -0.05) is 13.0 Å². The average molecular weight is 275 g/mol. The van der Waals surface area contributed by atoms with Crippen LogP contribution < -0.4 is 4.90 Å². The molecule has 4 nitrogen and oxygen atoms in total. The Bertz CT molecular complexity index is 443. The smallest absolute Gasteiger partial charge is 0.118 e. The summed E-state index contributed by atoms with van der Waals surface area (Å²) in [6.45, 7) is 10.0. The van der Waals surface area contributed by atoms with Gasteiger partial charge in [0, 0.05) is 20.2 Å². The minimum atomic E-state index is 0.547. The summed E-state index contributed by atoms with van der Waals surface area (Å²) in [4.78, 5) is 10.6. The zero-order chi connectivity index (χ0) is 14.8. The Hall–Kier alpha value is -1.68. The number of aliphatic imine (C=N–C) groups is 2. The fraction of sp³-hybridized carbons (Fsp3) is 0.500. The van der Waals surface area contributed by atoms with Gasteiger partial charge in [-0.15, -0.1) is 0 Å². The summed E-state index contributed by atoms with van der Waals surface area (Å²) in [7, 11) is 1.71. The van der Waals surface area contributed by atoms with Crippen LogP contribution in [0.5, 0.6) is 0 Å². The molecule has 0 aliphatic rings. The normalized spacial score (nSPS) is 10.9. The van der Waals surface area contributed by atoms with Crippen LogP contribution in [-0.2, 0) is 11.2 Å². The molecular formula is C16H25N3O. The Morgan fingerprint density at radius 1 is 1.40 bits per heavy atom. The Kier molecular flexibility index (Phi) is 7.58. The standard InChI is InChI=1S/C16H25N3O/c1-5-14-8-9-15(17-3)16(12-14)19(13-20-4)11-7-10-18-6-2/h6,8-9,12H,3,5,7,10-11,13H2,1-2,4H3/b18-6+. The fourth-order valence-corrected chi connectivity index (χ4v) is 2.07. The third kappa shape index (κ3) is 4.78. The van der Waals surface area contributed by atoms with Crippen LogP contribution in [0, 0.1) is 0 Å². The molecule has 110 valence electrons. The van der Waals surface area contributed by atoms with Crippen molar-refractivity contribution in [3.05, 3.63) is 23.8 Å². The van der Waals surface area contributed by atoms with Crippen molar-refractivity contribution in [1.82, 2.24) is 0 Å². The van der Waals surface area contributed by atoms with E-state index in [2.05, 4.69) is 40.7 Å². The molecule has 0 aliphatic heterocycles. The number of methoxy groups -OCH3 is 1. The maximum Gasteiger partial charge on any atom is 0.118 e. The Balaban J connectivity index is 2.90. The maximum atomic E-state index is 5.31. The van der Waals surface area contributed by atoms with E-state index in [0.717, 1.165) is 37.3 Å². The number of benzene rings is 1. The minimum Gasteiger partial charge on any atom is -0.364 e. The minimum absolute atomic E-state index is 0.547. The van der Waals surface area contributed by atoms with Crippen LogP contribution in [0.15, 0.2) is 28.2 Å². The van der Waals surface area contributed by atoms with Crippen LogP contribution in [0.4, 0.5) is 11.4 Å². The predicted molar refractivity (Wildman–Crippen MR) is 87.9 cm³/mol. The first-order valence-corrected chi connectivity index (χ1v) is 7.04. The van der Waals surface area contributed by atoms with Crippen LogP contribution in [0.3, 0.4) is 0 Å². The van der Waals surface area contributed by atoms with Gasteiger partial charge in [0.15, 0.2) is 0 Å². The van der Waals surface area contributed by atoms with E-state index in [0.29, 0.717) is 6.73 Å². The summed E-state index contributed by atoms with van der Waals surface area (Å²) >= 11 is 0. The zero-order valence-electron chi connectivity index (χ0n) is 12.8. The number of nitrogens with zero attached hydrogens (tertiary/aromatic N) is 3. The molecule has 0 unspecified atom stereocenters. The number of ether oxygens (including phenoxy) is 1. The van der Waals surface area contributed by atoms with E-state index in [9.17, 15) is 0 Å². The highest BCUT2D eigenvalue weighted by Crippen LogP contribution is 2.30. The van der Waals surface area contributed by atoms with Crippen molar-refractivity contribution in [2.45, 2.75) is 26.7 Å². The van der Waals surface area contributed by atoms with Crippen LogP contribution in [-0.4, -0.2) is 39.9 Å². The molecule has 0 N–H and O–H groups in total. The van der Waals surface area contributed by atoms with Crippen LogP contribution in [0.2, 0.25) is 0 Å². The second-order valence-corrected chi connectivity index (χ2v) is 4.53. The Morgan fingerprint density at radius 3 is 2.80 bits per heavy atom. The monoisotopic (exact) mass is 275 g/mol. The van der Waals surface area contributed by atoms with E-state index >= 15 is 0 Å². The highest BCUT2D eigenvalue weighted by atomic mass is 16.5. The Morgan fingerprint density at radius 2 is 2.20 bits per heavy atom. The van der Waals surface area contributed by atoms with E-state index in [1.165, 1.54) is 5.56 Å². The molecule has 0 saturated heterocycles. The highest BCUT2D eigenvalue weighted by Gasteiger charge is 2.11. The summed E-state index contributed by atoms with van der Waals surface area (Å²) in [6, 6.07) is 6.29. The molecule has 0 aliphatic carbocycles. The van der Waals surface area contributed by atoms with Gasteiger partial charge in [0.05, 0.1) is 11.4 Å². The van der Waals surface area contributed by atoms with E-state index in [-0.39, 0.29) is 0 Å². The lowest BCUT2D eigenvalue weighted by molar-refractivity contribution is 0.197. The van der Waals surface area contributed by atoms with Gasteiger partial charge in [0.25, 0.3) is 0 Å². The summed E-state index contributed by atoms with van der Waals surface area (Å²) in [5.41, 5.74) is 3.28. The topological polar surface area (TPSA) is 37.2 Å². The van der Waals surface area contributed by atoms with Crippen molar-refractivity contribution in [2.24, 2.45) is 9.98 Å². The summed E-state index contributed by atoms with van der Waals surface area (Å²) in [5, 5.41) is 0. The molecule has 0 saturated carbocycles. The van der Waals surface area contributed by atoms with Crippen LogP contribution in [0.1, 0.15) is 25.8 Å². The second kappa shape index (κ2) is 9.26. The molecule has 1 rings (SSSR count). The molecule has 0 amide bonds. The molecule has 1 aromatic carbocycles. The molecule has 0 aromatic heterocycles. The van der Waals surface area contributed by atoms with Crippen molar-refractivity contribution < 1.29 is 4.74 Å².